The summed E-state index contributed by atoms with van der Waals surface area (Å²) in [5.74, 6) is -0.259. The third-order valence-electron chi connectivity index (χ3n) is 4.61. The zero-order valence-electron chi connectivity index (χ0n) is 17.8. The number of aromatic hydroxyl groups is 1. The van der Waals surface area contributed by atoms with Crippen LogP contribution in [-0.2, 0) is 9.53 Å². The van der Waals surface area contributed by atoms with E-state index in [-0.39, 0.29) is 5.75 Å². The van der Waals surface area contributed by atoms with Crippen molar-refractivity contribution in [2.24, 2.45) is 0 Å². The molecule has 0 fully saturated rings. The first-order valence-electron chi connectivity index (χ1n) is 10.1. The van der Waals surface area contributed by atoms with Gasteiger partial charge in [0.25, 0.3) is 5.91 Å². The molecule has 33 heavy (non-hydrogen) atoms. The van der Waals surface area contributed by atoms with Crippen LogP contribution in [0, 0.1) is 6.92 Å². The number of nitrogens with one attached hydrogen (secondary N) is 2. The van der Waals surface area contributed by atoms with Gasteiger partial charge in [-0.3, -0.25) is 15.3 Å². The molecule has 0 heterocycles. The number of hydrogen-bond acceptors (Lipinski definition) is 6. The van der Waals surface area contributed by atoms with Crippen LogP contribution >= 0.6 is 0 Å². The van der Waals surface area contributed by atoms with E-state index in [1.807, 2.05) is 25.1 Å². The van der Waals surface area contributed by atoms with Gasteiger partial charge in [0.05, 0.1) is 0 Å². The molecule has 0 aliphatic heterocycles. The molecule has 0 radical (unpaired) electrons. The Morgan fingerprint density at radius 3 is 2.24 bits per heavy atom. The molecule has 0 saturated carbocycles. The average Bonchev–Trinajstić information content (AvgIpc) is 2.83. The van der Waals surface area contributed by atoms with E-state index in [9.17, 15) is 14.7 Å². The quantitative estimate of drug-likeness (QED) is 0.229. The number of phenolic OH excluding ortho intramolecular Hbond substituents is 1. The minimum absolute atomic E-state index is 0.0392. The van der Waals surface area contributed by atoms with Crippen molar-refractivity contribution in [3.63, 3.8) is 0 Å². The highest BCUT2D eigenvalue weighted by Gasteiger charge is 2.28. The van der Waals surface area contributed by atoms with Crippen molar-refractivity contribution in [2.75, 3.05) is 5.32 Å². The van der Waals surface area contributed by atoms with Crippen LogP contribution in [0.4, 0.5) is 10.5 Å². The van der Waals surface area contributed by atoms with Crippen LogP contribution in [0.15, 0.2) is 91.0 Å². The molecule has 3 rings (SSSR count). The fourth-order valence-electron chi connectivity index (χ4n) is 2.97. The molecule has 0 spiro atoms. The fourth-order valence-corrected chi connectivity index (χ4v) is 2.97. The molecular formula is C25H24N2O6. The molecule has 2 atom stereocenters. The molecule has 3 aromatic rings. The minimum atomic E-state index is -1.00. The molecule has 8 heteroatoms. The summed E-state index contributed by atoms with van der Waals surface area (Å²) in [6.07, 6.45) is -0.243. The highest BCUT2D eigenvalue weighted by Crippen LogP contribution is 2.28. The lowest BCUT2D eigenvalue weighted by Crippen LogP contribution is -2.30. The Morgan fingerprint density at radius 1 is 0.939 bits per heavy atom. The van der Waals surface area contributed by atoms with Crippen LogP contribution < -0.4 is 15.5 Å². The summed E-state index contributed by atoms with van der Waals surface area (Å²) in [7, 11) is 0. The first-order chi connectivity index (χ1) is 15.9. The van der Waals surface area contributed by atoms with Crippen LogP contribution in [-0.4, -0.2) is 28.4 Å². The number of phenols is 1. The molecule has 3 aromatic carbocycles. The Labute approximate surface area is 191 Å². The molecule has 0 aromatic heterocycles. The number of hydroxylamine groups is 1. The van der Waals surface area contributed by atoms with E-state index in [0.29, 0.717) is 17.0 Å². The number of carbonyl (C=O) groups excluding carboxylic acids is 2. The number of amides is 2. The second-order valence-corrected chi connectivity index (χ2v) is 7.14. The van der Waals surface area contributed by atoms with Gasteiger partial charge < -0.3 is 14.6 Å². The van der Waals surface area contributed by atoms with Gasteiger partial charge in [0.15, 0.2) is 12.2 Å². The maximum atomic E-state index is 12.7. The van der Waals surface area contributed by atoms with E-state index in [4.69, 9.17) is 14.7 Å². The molecule has 0 bridgehead atoms. The van der Waals surface area contributed by atoms with Crippen LogP contribution in [0.5, 0.6) is 11.5 Å². The standard InChI is InChI=1S/C25H24N2O6/c1-17-7-11-19(12-8-17)26-25(30)33-24(18-9-13-20(28)14-10-18)22(15-16-23(29)27-31)32-21-5-3-2-4-6-21/h2-16,22,24,28,31H,1H3,(H,26,30)(H,27,29)/b16-15+/t22-,24-/m1/s1. The zero-order valence-corrected chi connectivity index (χ0v) is 17.8. The van der Waals surface area contributed by atoms with Crippen LogP contribution in [0.3, 0.4) is 0 Å². The molecule has 0 aliphatic carbocycles. The molecule has 0 aliphatic rings. The summed E-state index contributed by atoms with van der Waals surface area (Å²) in [5.41, 5.74) is 3.62. The number of carbonyl (C=O) groups is 2. The molecule has 4 N–H and O–H groups in total. The maximum absolute atomic E-state index is 12.7. The number of aryl methyl sites for hydroxylation is 1. The lowest BCUT2D eigenvalue weighted by Gasteiger charge is -2.26. The number of rotatable bonds is 8. The van der Waals surface area contributed by atoms with Crippen molar-refractivity contribution in [2.45, 2.75) is 19.1 Å². The van der Waals surface area contributed by atoms with Gasteiger partial charge in [-0.2, -0.15) is 0 Å². The molecular weight excluding hydrogens is 424 g/mol. The van der Waals surface area contributed by atoms with Gasteiger partial charge in [0.1, 0.15) is 11.5 Å². The van der Waals surface area contributed by atoms with E-state index in [2.05, 4.69) is 5.32 Å². The van der Waals surface area contributed by atoms with Gasteiger partial charge in [0, 0.05) is 11.8 Å². The largest absolute Gasteiger partial charge is 0.508 e. The van der Waals surface area contributed by atoms with E-state index in [1.165, 1.54) is 23.7 Å². The third kappa shape index (κ3) is 7.12. The van der Waals surface area contributed by atoms with E-state index in [0.717, 1.165) is 11.6 Å². The normalized spacial score (nSPS) is 12.5. The fraction of sp³-hybridized carbons (Fsp3) is 0.120. The monoisotopic (exact) mass is 448 g/mol. The van der Waals surface area contributed by atoms with Crippen molar-refractivity contribution < 1.29 is 29.4 Å². The maximum Gasteiger partial charge on any atom is 0.412 e. The number of ether oxygens (including phenoxy) is 2. The van der Waals surface area contributed by atoms with Gasteiger partial charge in [-0.1, -0.05) is 48.0 Å². The second kappa shape index (κ2) is 11.4. The summed E-state index contributed by atoms with van der Waals surface area (Å²) >= 11 is 0. The first-order valence-corrected chi connectivity index (χ1v) is 10.1. The van der Waals surface area contributed by atoms with Crippen LogP contribution in [0.1, 0.15) is 17.2 Å². The van der Waals surface area contributed by atoms with Gasteiger partial charge in [0.2, 0.25) is 0 Å². The predicted molar refractivity (Wildman–Crippen MR) is 122 cm³/mol. The average molecular weight is 448 g/mol. The van der Waals surface area contributed by atoms with Crippen LogP contribution in [0.2, 0.25) is 0 Å². The highest BCUT2D eigenvalue weighted by molar-refractivity contribution is 5.86. The zero-order chi connectivity index (χ0) is 23.6. The molecule has 170 valence electrons. The lowest BCUT2D eigenvalue weighted by molar-refractivity contribution is -0.124. The Hall–Kier alpha value is -4.30. The summed E-state index contributed by atoms with van der Waals surface area (Å²) < 4.78 is 11.7. The van der Waals surface area contributed by atoms with Crippen molar-refractivity contribution >= 4 is 17.7 Å². The molecule has 0 saturated heterocycles. The topological polar surface area (TPSA) is 117 Å². The lowest BCUT2D eigenvalue weighted by atomic mass is 10.0. The Morgan fingerprint density at radius 2 is 1.61 bits per heavy atom. The molecule has 2 amide bonds. The second-order valence-electron chi connectivity index (χ2n) is 7.14. The Balaban J connectivity index is 1.91. The summed E-state index contributed by atoms with van der Waals surface area (Å²) in [6.45, 7) is 1.93. The number of para-hydroxylation sites is 1. The highest BCUT2D eigenvalue weighted by atomic mass is 16.6. The third-order valence-corrected chi connectivity index (χ3v) is 4.61. The summed E-state index contributed by atoms with van der Waals surface area (Å²) in [6, 6.07) is 22.1. The number of anilines is 1. The summed E-state index contributed by atoms with van der Waals surface area (Å²) in [4.78, 5) is 24.3. The number of benzene rings is 3. The van der Waals surface area contributed by atoms with E-state index in [1.54, 1.807) is 48.5 Å². The van der Waals surface area contributed by atoms with Gasteiger partial charge in [-0.15, -0.1) is 0 Å². The smallest absolute Gasteiger partial charge is 0.412 e. The van der Waals surface area contributed by atoms with Crippen molar-refractivity contribution in [3.8, 4) is 11.5 Å². The van der Waals surface area contributed by atoms with Gasteiger partial charge >= 0.3 is 6.09 Å². The van der Waals surface area contributed by atoms with Gasteiger partial charge in [-0.05, 0) is 55.0 Å². The predicted octanol–water partition coefficient (Wildman–Crippen LogP) is 4.50. The van der Waals surface area contributed by atoms with Crippen molar-refractivity contribution in [3.05, 3.63) is 102 Å². The Bertz CT molecular complexity index is 1080. The van der Waals surface area contributed by atoms with E-state index >= 15 is 0 Å². The SMILES string of the molecule is Cc1ccc(NC(=O)O[C@H](c2ccc(O)cc2)[C@@H](/C=C/C(=O)NO)Oc2ccccc2)cc1. The minimum Gasteiger partial charge on any atom is -0.508 e. The molecule has 0 unspecified atom stereocenters. The Kier molecular flexibility index (Phi) is 8.04. The summed E-state index contributed by atoms with van der Waals surface area (Å²) in [5, 5.41) is 21.2. The van der Waals surface area contributed by atoms with Gasteiger partial charge in [-0.25, -0.2) is 10.3 Å². The number of hydrogen-bond donors (Lipinski definition) is 4. The van der Waals surface area contributed by atoms with Crippen LogP contribution in [0.25, 0.3) is 0 Å². The first kappa shape index (κ1) is 23.4. The van der Waals surface area contributed by atoms with Crippen molar-refractivity contribution in [1.82, 2.24) is 5.48 Å². The van der Waals surface area contributed by atoms with Crippen molar-refractivity contribution in [1.29, 1.82) is 0 Å². The van der Waals surface area contributed by atoms with E-state index < -0.39 is 24.2 Å². The molecule has 8 nitrogen and oxygen atoms in total.